The van der Waals surface area contributed by atoms with E-state index in [0.717, 1.165) is 49.3 Å². The molecule has 3 aromatic rings. The van der Waals surface area contributed by atoms with Gasteiger partial charge in [-0.15, -0.1) is 0 Å². The van der Waals surface area contributed by atoms with Crippen LogP contribution in [0.1, 0.15) is 63.0 Å². The lowest BCUT2D eigenvalue weighted by Crippen LogP contribution is -2.07. The molecule has 3 N–H and O–H groups in total. The summed E-state index contributed by atoms with van der Waals surface area (Å²) in [6.45, 7) is 2.14. The van der Waals surface area contributed by atoms with Gasteiger partial charge in [-0.1, -0.05) is 38.0 Å². The van der Waals surface area contributed by atoms with Crippen molar-refractivity contribution >= 4 is 21.8 Å². The van der Waals surface area contributed by atoms with Gasteiger partial charge in [0.15, 0.2) is 21.4 Å². The number of unbranched alkanes of at least 4 members (excludes halogenated alkanes) is 3. The highest BCUT2D eigenvalue weighted by Gasteiger charge is 2.16. The molecule has 0 saturated heterocycles. The molecule has 0 amide bonds. The molecule has 0 atom stereocenters. The molecule has 0 aromatic heterocycles. The van der Waals surface area contributed by atoms with E-state index in [9.17, 15) is 32.6 Å². The summed E-state index contributed by atoms with van der Waals surface area (Å²) in [5, 5.41) is 27.8. The Labute approximate surface area is 257 Å². The van der Waals surface area contributed by atoms with Gasteiger partial charge < -0.3 is 24.8 Å². The molecule has 0 spiro atoms. The summed E-state index contributed by atoms with van der Waals surface area (Å²) in [5.74, 6) is -2.25. The number of sulfone groups is 1. The number of carboxylic acid groups (broad SMARTS) is 2. The zero-order valence-corrected chi connectivity index (χ0v) is 25.6. The van der Waals surface area contributed by atoms with Crippen LogP contribution in [0.3, 0.4) is 0 Å². The van der Waals surface area contributed by atoms with E-state index in [2.05, 4.69) is 0 Å². The van der Waals surface area contributed by atoms with Gasteiger partial charge in [-0.05, 0) is 90.8 Å². The third kappa shape index (κ3) is 10.6. The zero-order chi connectivity index (χ0) is 32.1. The van der Waals surface area contributed by atoms with Crippen LogP contribution in [-0.4, -0.2) is 54.6 Å². The summed E-state index contributed by atoms with van der Waals surface area (Å²) in [7, 11) is -3.55. The average molecular weight is 631 g/mol. The number of rotatable bonds is 19. The maximum absolute atomic E-state index is 13.6. The van der Waals surface area contributed by atoms with Crippen LogP contribution in [0.25, 0.3) is 11.1 Å². The minimum atomic E-state index is -3.55. The van der Waals surface area contributed by atoms with E-state index in [4.69, 9.17) is 14.6 Å². The van der Waals surface area contributed by atoms with E-state index in [-0.39, 0.29) is 30.1 Å². The lowest BCUT2D eigenvalue weighted by atomic mass is 9.97. The number of halogens is 1. The summed E-state index contributed by atoms with van der Waals surface area (Å²) >= 11 is 0. The monoisotopic (exact) mass is 630 g/mol. The van der Waals surface area contributed by atoms with Crippen LogP contribution in [0, 0.1) is 5.82 Å². The SMILES string of the molecule is CCS(=O)(=O)c1cc(OCCCCCCc2cccc(OCCCC(=O)O)c2CCC(=O)O)cc(-c2ccc(F)c(O)c2)c1. The molecule has 3 rings (SSSR count). The maximum Gasteiger partial charge on any atom is 0.303 e. The molecule has 238 valence electrons. The van der Waals surface area contributed by atoms with Crippen LogP contribution in [0.2, 0.25) is 0 Å². The van der Waals surface area contributed by atoms with Crippen molar-refractivity contribution in [2.45, 2.75) is 69.6 Å². The topological polar surface area (TPSA) is 147 Å². The largest absolute Gasteiger partial charge is 0.505 e. The fourth-order valence-corrected chi connectivity index (χ4v) is 5.66. The highest BCUT2D eigenvalue weighted by Crippen LogP contribution is 2.32. The Kier molecular flexibility index (Phi) is 13.0. The first-order valence-corrected chi connectivity index (χ1v) is 16.3. The Hall–Kier alpha value is -4.12. The molecule has 0 aliphatic rings. The molecule has 0 saturated carbocycles. The smallest absolute Gasteiger partial charge is 0.303 e. The van der Waals surface area contributed by atoms with Crippen molar-refractivity contribution in [2.24, 2.45) is 0 Å². The molecular formula is C33H39FO9S. The van der Waals surface area contributed by atoms with E-state index in [0.29, 0.717) is 42.1 Å². The summed E-state index contributed by atoms with van der Waals surface area (Å²) in [6, 6.07) is 14.0. The molecule has 9 nitrogen and oxygen atoms in total. The molecule has 0 heterocycles. The van der Waals surface area contributed by atoms with Crippen molar-refractivity contribution < 1.29 is 47.2 Å². The Morgan fingerprint density at radius 2 is 1.52 bits per heavy atom. The Balaban J connectivity index is 1.57. The van der Waals surface area contributed by atoms with Crippen molar-refractivity contribution in [3.8, 4) is 28.4 Å². The second kappa shape index (κ2) is 16.7. The first-order valence-electron chi connectivity index (χ1n) is 14.7. The standard InChI is InChI=1S/C33H39FO9S/c1-2-44(40,41)27-20-25(24-13-15-29(34)30(35)21-24)19-26(22-27)42-17-6-4-3-5-9-23-10-7-11-31(28(23)14-16-33(38)39)43-18-8-12-32(36)37/h7,10-11,13,15,19-22,35H,2-6,8-9,12,14,16-18H2,1H3,(H,36,37)(H,38,39). The average Bonchev–Trinajstić information content (AvgIpc) is 2.99. The third-order valence-electron chi connectivity index (χ3n) is 7.12. The maximum atomic E-state index is 13.6. The number of aromatic hydroxyl groups is 1. The van der Waals surface area contributed by atoms with E-state index in [1.807, 2.05) is 12.1 Å². The highest BCUT2D eigenvalue weighted by atomic mass is 32.2. The van der Waals surface area contributed by atoms with Gasteiger partial charge >= 0.3 is 11.9 Å². The van der Waals surface area contributed by atoms with Crippen molar-refractivity contribution in [1.82, 2.24) is 0 Å². The highest BCUT2D eigenvalue weighted by molar-refractivity contribution is 7.91. The normalized spacial score (nSPS) is 11.3. The predicted octanol–water partition coefficient (Wildman–Crippen LogP) is 6.43. The van der Waals surface area contributed by atoms with Gasteiger partial charge in [0.25, 0.3) is 0 Å². The van der Waals surface area contributed by atoms with Crippen LogP contribution in [0.4, 0.5) is 4.39 Å². The number of aryl methyl sites for hydroxylation is 1. The Morgan fingerprint density at radius 3 is 2.23 bits per heavy atom. The number of phenols is 1. The van der Waals surface area contributed by atoms with E-state index in [1.165, 1.54) is 24.3 Å². The minimum Gasteiger partial charge on any atom is -0.505 e. The third-order valence-corrected chi connectivity index (χ3v) is 8.83. The van der Waals surface area contributed by atoms with Crippen molar-refractivity contribution in [2.75, 3.05) is 19.0 Å². The van der Waals surface area contributed by atoms with Gasteiger partial charge in [0.1, 0.15) is 11.5 Å². The summed E-state index contributed by atoms with van der Waals surface area (Å²) in [4.78, 5) is 22.1. The summed E-state index contributed by atoms with van der Waals surface area (Å²) in [5.41, 5.74) is 2.78. The Bertz CT molecular complexity index is 1540. The number of benzene rings is 3. The van der Waals surface area contributed by atoms with Crippen molar-refractivity contribution in [1.29, 1.82) is 0 Å². The van der Waals surface area contributed by atoms with E-state index >= 15 is 0 Å². The lowest BCUT2D eigenvalue weighted by Gasteiger charge is -2.15. The predicted molar refractivity (Wildman–Crippen MR) is 164 cm³/mol. The number of carboxylic acids is 2. The fourth-order valence-electron chi connectivity index (χ4n) is 4.72. The molecule has 0 radical (unpaired) electrons. The van der Waals surface area contributed by atoms with Crippen LogP contribution in [-0.2, 0) is 32.3 Å². The van der Waals surface area contributed by atoms with E-state index < -0.39 is 33.3 Å². The molecule has 3 aromatic carbocycles. The van der Waals surface area contributed by atoms with Crippen molar-refractivity contribution in [3.63, 3.8) is 0 Å². The van der Waals surface area contributed by atoms with Crippen LogP contribution < -0.4 is 9.47 Å². The molecule has 0 fully saturated rings. The molecule has 0 aliphatic heterocycles. The van der Waals surface area contributed by atoms with E-state index in [1.54, 1.807) is 19.1 Å². The van der Waals surface area contributed by atoms with Crippen molar-refractivity contribution in [3.05, 3.63) is 71.5 Å². The number of phenolic OH excluding ortho intramolecular Hbond substituents is 1. The zero-order valence-electron chi connectivity index (χ0n) is 24.8. The molecular weight excluding hydrogens is 591 g/mol. The van der Waals surface area contributed by atoms with Gasteiger partial charge in [0.2, 0.25) is 0 Å². The first kappa shape index (κ1) is 34.4. The Morgan fingerprint density at radius 1 is 0.795 bits per heavy atom. The van der Waals surface area contributed by atoms with Crippen LogP contribution >= 0.6 is 0 Å². The van der Waals surface area contributed by atoms with Gasteiger partial charge in [0.05, 0.1) is 23.9 Å². The number of hydrogen-bond acceptors (Lipinski definition) is 7. The number of ether oxygens (including phenoxy) is 2. The molecule has 0 unspecified atom stereocenters. The number of hydrogen-bond donors (Lipinski definition) is 3. The van der Waals surface area contributed by atoms with Crippen LogP contribution in [0.5, 0.6) is 17.2 Å². The second-order valence-corrected chi connectivity index (χ2v) is 12.7. The number of carbonyl (C=O) groups is 2. The second-order valence-electron chi connectivity index (χ2n) is 10.4. The quantitative estimate of drug-likeness (QED) is 0.127. The molecule has 44 heavy (non-hydrogen) atoms. The van der Waals surface area contributed by atoms with Gasteiger partial charge in [-0.2, -0.15) is 0 Å². The van der Waals surface area contributed by atoms with Crippen LogP contribution in [0.15, 0.2) is 59.5 Å². The molecule has 0 bridgehead atoms. The molecule has 11 heteroatoms. The van der Waals surface area contributed by atoms with Gasteiger partial charge in [-0.25, -0.2) is 12.8 Å². The van der Waals surface area contributed by atoms with Gasteiger partial charge in [-0.3, -0.25) is 9.59 Å². The molecule has 0 aliphatic carbocycles. The summed E-state index contributed by atoms with van der Waals surface area (Å²) in [6.07, 6.45) is 4.67. The first-order chi connectivity index (χ1) is 21.0. The lowest BCUT2D eigenvalue weighted by molar-refractivity contribution is -0.138. The fraction of sp³-hybridized carbons (Fsp3) is 0.394. The van der Waals surface area contributed by atoms with Gasteiger partial charge in [0, 0.05) is 12.8 Å². The summed E-state index contributed by atoms with van der Waals surface area (Å²) < 4.78 is 50.5. The number of aliphatic carboxylic acids is 2. The minimum absolute atomic E-state index is 0.00287.